The van der Waals surface area contributed by atoms with E-state index in [9.17, 15) is 5.11 Å². The molecule has 0 radical (unpaired) electrons. The fourth-order valence-corrected chi connectivity index (χ4v) is 1.97. The maximum Gasteiger partial charge on any atom is 0.125 e. The molecule has 0 aliphatic carbocycles. The molecule has 0 saturated heterocycles. The summed E-state index contributed by atoms with van der Waals surface area (Å²) in [6.07, 6.45) is 1.72. The standard InChI is InChI=1S/C10H11NO2S/c1-2-9-7(3-4-13-9)10(12)8-5-14-6-11-8/h3-6,10,12H,2H2,1H3. The van der Waals surface area contributed by atoms with Crippen molar-refractivity contribution in [3.63, 3.8) is 0 Å². The third-order valence-electron chi connectivity index (χ3n) is 2.13. The molecule has 3 nitrogen and oxygen atoms in total. The number of aliphatic hydroxyl groups excluding tert-OH is 1. The fourth-order valence-electron chi connectivity index (χ4n) is 1.40. The van der Waals surface area contributed by atoms with Gasteiger partial charge < -0.3 is 9.52 Å². The molecule has 0 bridgehead atoms. The van der Waals surface area contributed by atoms with Crippen LogP contribution in [-0.2, 0) is 6.42 Å². The van der Waals surface area contributed by atoms with Crippen LogP contribution in [0, 0.1) is 0 Å². The van der Waals surface area contributed by atoms with Crippen LogP contribution < -0.4 is 0 Å². The molecule has 0 aliphatic heterocycles. The van der Waals surface area contributed by atoms with E-state index in [0.717, 1.165) is 17.7 Å². The van der Waals surface area contributed by atoms with E-state index in [4.69, 9.17) is 4.42 Å². The SMILES string of the molecule is CCc1occc1C(O)c1cscn1. The molecule has 0 fully saturated rings. The molecular formula is C10H11NO2S. The Balaban J connectivity index is 2.31. The lowest BCUT2D eigenvalue weighted by molar-refractivity contribution is 0.213. The first kappa shape index (κ1) is 9.43. The number of nitrogens with zero attached hydrogens (tertiary/aromatic N) is 1. The summed E-state index contributed by atoms with van der Waals surface area (Å²) in [5.74, 6) is 0.825. The highest BCUT2D eigenvalue weighted by Crippen LogP contribution is 2.25. The lowest BCUT2D eigenvalue weighted by atomic mass is 10.1. The van der Waals surface area contributed by atoms with Crippen LogP contribution in [0.25, 0.3) is 0 Å². The Labute approximate surface area is 86.0 Å². The lowest BCUT2D eigenvalue weighted by Gasteiger charge is -2.06. The van der Waals surface area contributed by atoms with Crippen molar-refractivity contribution < 1.29 is 9.52 Å². The summed E-state index contributed by atoms with van der Waals surface area (Å²) < 4.78 is 5.25. The molecule has 0 spiro atoms. The van der Waals surface area contributed by atoms with Crippen LogP contribution in [0.5, 0.6) is 0 Å². The Hall–Kier alpha value is -1.13. The number of hydrogen-bond donors (Lipinski definition) is 1. The van der Waals surface area contributed by atoms with Gasteiger partial charge in [-0.25, -0.2) is 4.98 Å². The molecule has 0 aromatic carbocycles. The molecule has 1 atom stereocenters. The summed E-state index contributed by atoms with van der Waals surface area (Å²) in [4.78, 5) is 4.07. The number of hydrogen-bond acceptors (Lipinski definition) is 4. The number of aliphatic hydroxyl groups is 1. The van der Waals surface area contributed by atoms with E-state index >= 15 is 0 Å². The van der Waals surface area contributed by atoms with E-state index in [1.807, 2.05) is 12.3 Å². The summed E-state index contributed by atoms with van der Waals surface area (Å²) in [6.45, 7) is 2.00. The van der Waals surface area contributed by atoms with Crippen LogP contribution in [-0.4, -0.2) is 10.1 Å². The Morgan fingerprint density at radius 2 is 2.50 bits per heavy atom. The number of thiazole rings is 1. The quantitative estimate of drug-likeness (QED) is 0.844. The van der Waals surface area contributed by atoms with E-state index in [1.54, 1.807) is 17.8 Å². The van der Waals surface area contributed by atoms with Crippen LogP contribution in [0.1, 0.15) is 30.0 Å². The van der Waals surface area contributed by atoms with Crippen molar-refractivity contribution >= 4 is 11.3 Å². The average molecular weight is 209 g/mol. The third-order valence-corrected chi connectivity index (χ3v) is 2.73. The normalized spacial score (nSPS) is 13.0. The summed E-state index contributed by atoms with van der Waals surface area (Å²) in [5, 5.41) is 11.8. The monoisotopic (exact) mass is 209 g/mol. The maximum atomic E-state index is 9.97. The van der Waals surface area contributed by atoms with Gasteiger partial charge in [-0.15, -0.1) is 11.3 Å². The van der Waals surface area contributed by atoms with E-state index < -0.39 is 6.10 Å². The van der Waals surface area contributed by atoms with Crippen LogP contribution in [0.3, 0.4) is 0 Å². The zero-order chi connectivity index (χ0) is 9.97. The van der Waals surface area contributed by atoms with Crippen LogP contribution >= 0.6 is 11.3 Å². The van der Waals surface area contributed by atoms with Gasteiger partial charge >= 0.3 is 0 Å². The molecule has 1 unspecified atom stereocenters. The molecule has 0 amide bonds. The van der Waals surface area contributed by atoms with E-state index in [0.29, 0.717) is 5.69 Å². The first-order chi connectivity index (χ1) is 6.83. The molecule has 2 rings (SSSR count). The van der Waals surface area contributed by atoms with Crippen molar-refractivity contribution in [3.05, 3.63) is 40.2 Å². The van der Waals surface area contributed by atoms with Gasteiger partial charge in [-0.3, -0.25) is 0 Å². The van der Waals surface area contributed by atoms with Gasteiger partial charge in [0.2, 0.25) is 0 Å². The highest BCUT2D eigenvalue weighted by atomic mass is 32.1. The first-order valence-corrected chi connectivity index (χ1v) is 5.39. The molecule has 2 aromatic heterocycles. The van der Waals surface area contributed by atoms with Gasteiger partial charge in [-0.1, -0.05) is 6.92 Å². The largest absolute Gasteiger partial charge is 0.469 e. The second kappa shape index (κ2) is 3.94. The third kappa shape index (κ3) is 1.58. The van der Waals surface area contributed by atoms with Crippen molar-refractivity contribution in [1.82, 2.24) is 4.98 Å². The molecule has 2 heterocycles. The molecule has 14 heavy (non-hydrogen) atoms. The lowest BCUT2D eigenvalue weighted by Crippen LogP contribution is -2.00. The zero-order valence-corrected chi connectivity index (χ0v) is 8.62. The molecular weight excluding hydrogens is 198 g/mol. The molecule has 74 valence electrons. The van der Waals surface area contributed by atoms with Gasteiger partial charge in [0, 0.05) is 17.4 Å². The summed E-state index contributed by atoms with van der Waals surface area (Å²) in [7, 11) is 0. The maximum absolute atomic E-state index is 9.97. The number of rotatable bonds is 3. The van der Waals surface area contributed by atoms with Gasteiger partial charge in [0.15, 0.2) is 0 Å². The summed E-state index contributed by atoms with van der Waals surface area (Å²) >= 11 is 1.48. The van der Waals surface area contributed by atoms with Crippen LogP contribution in [0.4, 0.5) is 0 Å². The Bertz CT molecular complexity index is 394. The average Bonchev–Trinajstić information content (AvgIpc) is 2.87. The topological polar surface area (TPSA) is 46.3 Å². The second-order valence-electron chi connectivity index (χ2n) is 2.97. The molecule has 0 aliphatic rings. The van der Waals surface area contributed by atoms with Crippen molar-refractivity contribution in [1.29, 1.82) is 0 Å². The predicted octanol–water partition coefficient (Wildman–Crippen LogP) is 2.38. The zero-order valence-electron chi connectivity index (χ0n) is 7.80. The van der Waals surface area contributed by atoms with Gasteiger partial charge in [0.1, 0.15) is 11.9 Å². The minimum Gasteiger partial charge on any atom is -0.469 e. The predicted molar refractivity (Wildman–Crippen MR) is 54.3 cm³/mol. The van der Waals surface area contributed by atoms with E-state index in [1.165, 1.54) is 11.3 Å². The minimum atomic E-state index is -0.657. The van der Waals surface area contributed by atoms with Crippen molar-refractivity contribution in [3.8, 4) is 0 Å². The number of aryl methyl sites for hydroxylation is 1. The van der Waals surface area contributed by atoms with Gasteiger partial charge in [0.25, 0.3) is 0 Å². The molecule has 2 aromatic rings. The number of aromatic nitrogens is 1. The Kier molecular flexibility index (Phi) is 2.65. The highest BCUT2D eigenvalue weighted by Gasteiger charge is 2.17. The van der Waals surface area contributed by atoms with E-state index in [2.05, 4.69) is 4.98 Å². The van der Waals surface area contributed by atoms with Gasteiger partial charge in [-0.2, -0.15) is 0 Å². The molecule has 0 saturated carbocycles. The second-order valence-corrected chi connectivity index (χ2v) is 3.69. The Morgan fingerprint density at radius 3 is 3.14 bits per heavy atom. The van der Waals surface area contributed by atoms with Crippen molar-refractivity contribution in [2.24, 2.45) is 0 Å². The van der Waals surface area contributed by atoms with E-state index in [-0.39, 0.29) is 0 Å². The summed E-state index contributed by atoms with van der Waals surface area (Å²) in [5.41, 5.74) is 3.22. The van der Waals surface area contributed by atoms with Crippen LogP contribution in [0.15, 0.2) is 27.6 Å². The molecule has 4 heteroatoms. The fraction of sp³-hybridized carbons (Fsp3) is 0.300. The highest BCUT2D eigenvalue weighted by molar-refractivity contribution is 7.07. The smallest absolute Gasteiger partial charge is 0.125 e. The van der Waals surface area contributed by atoms with Crippen molar-refractivity contribution in [2.45, 2.75) is 19.4 Å². The van der Waals surface area contributed by atoms with Gasteiger partial charge in [-0.05, 0) is 6.07 Å². The first-order valence-electron chi connectivity index (χ1n) is 4.45. The van der Waals surface area contributed by atoms with Crippen molar-refractivity contribution in [2.75, 3.05) is 0 Å². The van der Waals surface area contributed by atoms with Gasteiger partial charge in [0.05, 0.1) is 17.5 Å². The summed E-state index contributed by atoms with van der Waals surface area (Å²) in [6, 6.07) is 1.79. The van der Waals surface area contributed by atoms with Crippen LogP contribution in [0.2, 0.25) is 0 Å². The Morgan fingerprint density at radius 1 is 1.64 bits per heavy atom. The number of furan rings is 1. The molecule has 1 N–H and O–H groups in total. The minimum absolute atomic E-state index is 0.657.